The van der Waals surface area contributed by atoms with Crippen LogP contribution in [0.25, 0.3) is 0 Å². The van der Waals surface area contributed by atoms with Crippen LogP contribution in [0.3, 0.4) is 0 Å². The van der Waals surface area contributed by atoms with Gasteiger partial charge >= 0.3 is 0 Å². The molecule has 0 aliphatic heterocycles. The zero-order valence-electron chi connectivity index (χ0n) is 17.8. The van der Waals surface area contributed by atoms with Gasteiger partial charge in [-0.3, -0.25) is 9.97 Å². The van der Waals surface area contributed by atoms with Gasteiger partial charge in [-0.2, -0.15) is 0 Å². The molecule has 0 unspecified atom stereocenters. The van der Waals surface area contributed by atoms with Crippen LogP contribution in [0.5, 0.6) is 11.5 Å². The van der Waals surface area contributed by atoms with Gasteiger partial charge in [0.1, 0.15) is 11.5 Å². The molecule has 0 amide bonds. The van der Waals surface area contributed by atoms with Crippen LogP contribution in [0, 0.1) is 0 Å². The Morgan fingerprint density at radius 3 is 1.35 bits per heavy atom. The fourth-order valence-electron chi connectivity index (χ4n) is 3.33. The Morgan fingerprint density at radius 1 is 0.581 bits per heavy atom. The topological polar surface area (TPSA) is 41.5 Å². The van der Waals surface area contributed by atoms with Gasteiger partial charge in [0, 0.05) is 37.9 Å². The Kier molecular flexibility index (Phi) is 6.43. The van der Waals surface area contributed by atoms with Crippen molar-refractivity contribution in [2.24, 2.45) is 0 Å². The van der Waals surface area contributed by atoms with E-state index in [0.29, 0.717) is 0 Å². The van der Waals surface area contributed by atoms with Crippen molar-refractivity contribution in [1.29, 1.82) is 0 Å². The summed E-state index contributed by atoms with van der Waals surface area (Å²) in [5.41, 5.74) is 4.31. The molecule has 5 heteroatoms. The Labute approximate surface area is 183 Å². The van der Waals surface area contributed by atoms with Gasteiger partial charge in [-0.25, -0.2) is 0 Å². The van der Waals surface area contributed by atoms with Crippen molar-refractivity contribution < 1.29 is 4.74 Å². The molecule has 5 nitrogen and oxygen atoms in total. The van der Waals surface area contributed by atoms with Crippen LogP contribution in [0.15, 0.2) is 97.3 Å². The van der Waals surface area contributed by atoms with E-state index in [4.69, 9.17) is 4.74 Å². The van der Waals surface area contributed by atoms with Crippen molar-refractivity contribution in [3.8, 4) is 11.5 Å². The summed E-state index contributed by atoms with van der Waals surface area (Å²) in [5, 5.41) is 0. The predicted octanol–water partition coefficient (Wildman–Crippen LogP) is 5.54. The van der Waals surface area contributed by atoms with E-state index in [0.717, 1.165) is 47.4 Å². The number of pyridine rings is 2. The smallest absolute Gasteiger partial charge is 0.127 e. The second-order valence-corrected chi connectivity index (χ2v) is 7.44. The number of anilines is 2. The number of benzene rings is 2. The van der Waals surface area contributed by atoms with Crippen molar-refractivity contribution in [3.63, 3.8) is 0 Å². The molecular formula is C26H26N4O. The maximum Gasteiger partial charge on any atom is 0.127 e. The molecule has 0 bridgehead atoms. The first-order valence-electron chi connectivity index (χ1n) is 10.3. The molecule has 2 aromatic carbocycles. The average molecular weight is 411 g/mol. The van der Waals surface area contributed by atoms with Gasteiger partial charge in [-0.15, -0.1) is 0 Å². The lowest BCUT2D eigenvalue weighted by atomic mass is 10.2. The molecule has 0 aliphatic rings. The van der Waals surface area contributed by atoms with Crippen molar-refractivity contribution in [3.05, 3.63) is 109 Å². The third kappa shape index (κ3) is 5.60. The Morgan fingerprint density at radius 2 is 1.00 bits per heavy atom. The summed E-state index contributed by atoms with van der Waals surface area (Å²) in [6.07, 6.45) is 3.64. The molecule has 0 saturated carbocycles. The summed E-state index contributed by atoms with van der Waals surface area (Å²) in [7, 11) is 4.12. The van der Waals surface area contributed by atoms with Crippen LogP contribution in [-0.2, 0) is 13.1 Å². The van der Waals surface area contributed by atoms with E-state index in [1.165, 1.54) is 0 Å². The molecular weight excluding hydrogens is 384 g/mol. The molecule has 0 fully saturated rings. The maximum absolute atomic E-state index is 6.02. The highest BCUT2D eigenvalue weighted by atomic mass is 16.5. The number of hydrogen-bond donors (Lipinski definition) is 0. The molecule has 0 radical (unpaired) electrons. The van der Waals surface area contributed by atoms with Gasteiger partial charge in [0.2, 0.25) is 0 Å². The van der Waals surface area contributed by atoms with Crippen molar-refractivity contribution in [2.75, 3.05) is 23.9 Å². The van der Waals surface area contributed by atoms with Gasteiger partial charge in [0.15, 0.2) is 0 Å². The van der Waals surface area contributed by atoms with Crippen molar-refractivity contribution in [2.45, 2.75) is 13.1 Å². The van der Waals surface area contributed by atoms with E-state index in [1.54, 1.807) is 0 Å². The molecule has 0 saturated heterocycles. The van der Waals surface area contributed by atoms with Gasteiger partial charge in [-0.05, 0) is 72.8 Å². The average Bonchev–Trinajstić information content (AvgIpc) is 2.81. The number of aromatic nitrogens is 2. The Balaban J connectivity index is 1.34. The van der Waals surface area contributed by atoms with Crippen LogP contribution in [-0.4, -0.2) is 24.1 Å². The standard InChI is InChI=1S/C26H26N4O/c1-29(19-21-7-3-5-17-27-21)23-9-13-25(14-10-23)31-26-15-11-24(12-16-26)30(2)20-22-8-4-6-18-28-22/h3-18H,19-20H2,1-2H3. The fraction of sp³-hybridized carbons (Fsp3) is 0.154. The lowest BCUT2D eigenvalue weighted by molar-refractivity contribution is 0.482. The molecule has 2 heterocycles. The molecule has 0 aliphatic carbocycles. The third-order valence-electron chi connectivity index (χ3n) is 5.04. The summed E-state index contributed by atoms with van der Waals surface area (Å²) < 4.78 is 6.02. The molecule has 31 heavy (non-hydrogen) atoms. The minimum absolute atomic E-state index is 0.758. The van der Waals surface area contributed by atoms with Gasteiger partial charge < -0.3 is 14.5 Å². The molecule has 0 N–H and O–H groups in total. The summed E-state index contributed by atoms with van der Waals surface area (Å²) in [5.74, 6) is 1.62. The molecule has 0 atom stereocenters. The summed E-state index contributed by atoms with van der Waals surface area (Å²) in [4.78, 5) is 13.1. The van der Waals surface area contributed by atoms with Gasteiger partial charge in [0.05, 0.1) is 24.5 Å². The molecule has 2 aromatic heterocycles. The highest BCUT2D eigenvalue weighted by molar-refractivity contribution is 5.51. The maximum atomic E-state index is 6.02. The van der Waals surface area contributed by atoms with Crippen LogP contribution < -0.4 is 14.5 Å². The summed E-state index contributed by atoms with van der Waals surface area (Å²) >= 11 is 0. The van der Waals surface area contributed by atoms with Gasteiger partial charge in [-0.1, -0.05) is 12.1 Å². The first-order valence-corrected chi connectivity index (χ1v) is 10.3. The Bertz CT molecular complexity index is 979. The summed E-state index contributed by atoms with van der Waals surface area (Å²) in [6.45, 7) is 1.52. The van der Waals surface area contributed by atoms with Gasteiger partial charge in [0.25, 0.3) is 0 Å². The summed E-state index contributed by atoms with van der Waals surface area (Å²) in [6, 6.07) is 28.2. The highest BCUT2D eigenvalue weighted by Crippen LogP contribution is 2.26. The zero-order chi connectivity index (χ0) is 21.5. The minimum atomic E-state index is 0.758. The Hall–Kier alpha value is -3.86. The third-order valence-corrected chi connectivity index (χ3v) is 5.04. The van der Waals surface area contributed by atoms with Crippen LogP contribution >= 0.6 is 0 Å². The monoisotopic (exact) mass is 410 g/mol. The fourth-order valence-corrected chi connectivity index (χ4v) is 3.33. The van der Waals surface area contributed by atoms with E-state index in [9.17, 15) is 0 Å². The molecule has 4 rings (SSSR count). The second kappa shape index (κ2) is 9.76. The normalized spacial score (nSPS) is 10.5. The van der Waals surface area contributed by atoms with Crippen LogP contribution in [0.2, 0.25) is 0 Å². The first-order chi connectivity index (χ1) is 15.2. The van der Waals surface area contributed by atoms with Crippen LogP contribution in [0.4, 0.5) is 11.4 Å². The minimum Gasteiger partial charge on any atom is -0.457 e. The molecule has 4 aromatic rings. The SMILES string of the molecule is CN(Cc1ccccn1)c1ccc(Oc2ccc(N(C)Cc3ccccn3)cc2)cc1. The largest absolute Gasteiger partial charge is 0.457 e. The molecule has 0 spiro atoms. The number of hydrogen-bond acceptors (Lipinski definition) is 5. The van der Waals surface area contributed by atoms with Crippen LogP contribution in [0.1, 0.15) is 11.4 Å². The number of rotatable bonds is 8. The highest BCUT2D eigenvalue weighted by Gasteiger charge is 2.06. The van der Waals surface area contributed by atoms with E-state index in [2.05, 4.69) is 58.1 Å². The van der Waals surface area contributed by atoms with E-state index >= 15 is 0 Å². The second-order valence-electron chi connectivity index (χ2n) is 7.44. The van der Waals surface area contributed by atoms with E-state index < -0.39 is 0 Å². The van der Waals surface area contributed by atoms with Crippen molar-refractivity contribution in [1.82, 2.24) is 9.97 Å². The zero-order valence-corrected chi connectivity index (χ0v) is 17.8. The van der Waals surface area contributed by atoms with Crippen molar-refractivity contribution >= 4 is 11.4 Å². The van der Waals surface area contributed by atoms with E-state index in [1.807, 2.05) is 73.1 Å². The number of ether oxygens (including phenoxy) is 1. The molecule has 156 valence electrons. The quantitative estimate of drug-likeness (QED) is 0.381. The number of nitrogens with zero attached hydrogens (tertiary/aromatic N) is 4. The predicted molar refractivity (Wildman–Crippen MR) is 126 cm³/mol. The first kappa shape index (κ1) is 20.4. The van der Waals surface area contributed by atoms with E-state index in [-0.39, 0.29) is 0 Å². The lowest BCUT2D eigenvalue weighted by Gasteiger charge is -2.20. The lowest BCUT2D eigenvalue weighted by Crippen LogP contribution is -2.17.